The summed E-state index contributed by atoms with van der Waals surface area (Å²) < 4.78 is 22.0. The number of nitrogens with two attached hydrogens (primary N) is 1. The highest BCUT2D eigenvalue weighted by atomic mass is 31.2. The molecule has 0 radical (unpaired) electrons. The first kappa shape index (κ1) is 15.0. The maximum Gasteiger partial charge on any atom is 0.331 e. The van der Waals surface area contributed by atoms with E-state index in [4.69, 9.17) is 25.0 Å². The minimum Gasteiger partial charge on any atom is -0.396 e. The van der Waals surface area contributed by atoms with E-state index in [0.717, 1.165) is 0 Å². The highest BCUT2D eigenvalue weighted by Crippen LogP contribution is 2.47. The Morgan fingerprint density at radius 3 is 1.87 bits per heavy atom. The normalized spacial score (nSPS) is 11.9. The summed E-state index contributed by atoms with van der Waals surface area (Å²) in [7, 11) is -3.13. The lowest BCUT2D eigenvalue weighted by atomic mass is 10.5. The Morgan fingerprint density at radius 1 is 1.07 bits per heavy atom. The number of rotatable bonds is 10. The van der Waals surface area contributed by atoms with Gasteiger partial charge in [-0.05, 0) is 12.8 Å². The predicted octanol–water partition coefficient (Wildman–Crippen LogP) is -0.0638. The minimum atomic E-state index is -3.13. The van der Waals surface area contributed by atoms with Gasteiger partial charge in [-0.15, -0.1) is 0 Å². The molecule has 0 saturated carbocycles. The maximum atomic E-state index is 11.9. The average molecular weight is 241 g/mol. The predicted molar refractivity (Wildman–Crippen MR) is 56.8 cm³/mol. The number of aliphatic hydroxyl groups is 2. The summed E-state index contributed by atoms with van der Waals surface area (Å²) in [5.41, 5.74) is 5.29. The smallest absolute Gasteiger partial charge is 0.331 e. The zero-order valence-electron chi connectivity index (χ0n) is 8.80. The molecule has 0 bridgehead atoms. The monoisotopic (exact) mass is 241 g/mol. The number of hydrogen-bond acceptors (Lipinski definition) is 6. The van der Waals surface area contributed by atoms with E-state index in [1.165, 1.54) is 0 Å². The molecule has 0 atom stereocenters. The van der Waals surface area contributed by atoms with Gasteiger partial charge in [-0.1, -0.05) is 0 Å². The first-order chi connectivity index (χ1) is 7.18. The first-order valence-corrected chi connectivity index (χ1v) is 6.71. The molecule has 0 aromatic rings. The van der Waals surface area contributed by atoms with Crippen LogP contribution in [0, 0.1) is 0 Å². The summed E-state index contributed by atoms with van der Waals surface area (Å²) >= 11 is 0. The van der Waals surface area contributed by atoms with Crippen LogP contribution in [-0.4, -0.2) is 49.3 Å². The molecule has 0 heterocycles. The second kappa shape index (κ2) is 9.27. The van der Waals surface area contributed by atoms with E-state index in [2.05, 4.69) is 0 Å². The van der Waals surface area contributed by atoms with Crippen LogP contribution in [0.15, 0.2) is 0 Å². The van der Waals surface area contributed by atoms with Crippen LogP contribution in [0.25, 0.3) is 0 Å². The van der Waals surface area contributed by atoms with E-state index in [1.54, 1.807) is 0 Å². The van der Waals surface area contributed by atoms with E-state index < -0.39 is 7.60 Å². The number of hydrogen-bond donors (Lipinski definition) is 3. The van der Waals surface area contributed by atoms with Gasteiger partial charge in [0.05, 0.1) is 19.4 Å². The van der Waals surface area contributed by atoms with E-state index >= 15 is 0 Å². The van der Waals surface area contributed by atoms with Crippen molar-refractivity contribution in [2.24, 2.45) is 5.73 Å². The fraction of sp³-hybridized carbons (Fsp3) is 1.00. The van der Waals surface area contributed by atoms with Crippen molar-refractivity contribution in [1.29, 1.82) is 0 Å². The molecule has 0 aliphatic rings. The third-order valence-corrected chi connectivity index (χ3v) is 3.54. The molecule has 7 heteroatoms. The van der Waals surface area contributed by atoms with Crippen LogP contribution in [-0.2, 0) is 13.6 Å². The zero-order chi connectivity index (χ0) is 11.6. The standard InChI is InChI=1S/C8H20NO5P/c9-3-8-15(12,13-6-1-4-10)14-7-2-5-11/h10-11H,1-9H2. The molecule has 0 aromatic carbocycles. The van der Waals surface area contributed by atoms with Gasteiger partial charge in [0.1, 0.15) is 0 Å². The van der Waals surface area contributed by atoms with Crippen molar-refractivity contribution in [2.75, 3.05) is 39.1 Å². The fourth-order valence-electron chi connectivity index (χ4n) is 0.861. The quantitative estimate of drug-likeness (QED) is 0.365. The van der Waals surface area contributed by atoms with Crippen molar-refractivity contribution in [3.8, 4) is 0 Å². The SMILES string of the molecule is NCCP(=O)(OCCCO)OCCCO. The van der Waals surface area contributed by atoms with Crippen molar-refractivity contribution in [3.05, 3.63) is 0 Å². The van der Waals surface area contributed by atoms with Crippen LogP contribution in [0.5, 0.6) is 0 Å². The topological polar surface area (TPSA) is 102 Å². The Hall–Kier alpha value is 0.0300. The highest BCUT2D eigenvalue weighted by molar-refractivity contribution is 7.53. The van der Waals surface area contributed by atoms with Gasteiger partial charge < -0.3 is 25.0 Å². The van der Waals surface area contributed by atoms with Gasteiger partial charge >= 0.3 is 7.60 Å². The Kier molecular flexibility index (Phi) is 9.29. The van der Waals surface area contributed by atoms with Gasteiger partial charge in [0, 0.05) is 19.8 Å². The number of aliphatic hydroxyl groups excluding tert-OH is 2. The van der Waals surface area contributed by atoms with Crippen LogP contribution in [0.4, 0.5) is 0 Å². The van der Waals surface area contributed by atoms with Crippen LogP contribution >= 0.6 is 7.60 Å². The summed E-state index contributed by atoms with van der Waals surface area (Å²) in [4.78, 5) is 0. The highest BCUT2D eigenvalue weighted by Gasteiger charge is 2.22. The molecule has 6 nitrogen and oxygen atoms in total. The molecular weight excluding hydrogens is 221 g/mol. The largest absolute Gasteiger partial charge is 0.396 e. The molecule has 15 heavy (non-hydrogen) atoms. The van der Waals surface area contributed by atoms with Crippen molar-refractivity contribution in [1.82, 2.24) is 0 Å². The second-order valence-corrected chi connectivity index (χ2v) is 5.13. The lowest BCUT2D eigenvalue weighted by molar-refractivity contribution is 0.172. The minimum absolute atomic E-state index is 0.0146. The van der Waals surface area contributed by atoms with Gasteiger partial charge in [0.2, 0.25) is 0 Å². The molecule has 0 fully saturated rings. The van der Waals surface area contributed by atoms with Crippen molar-refractivity contribution in [3.63, 3.8) is 0 Å². The Bertz CT molecular complexity index is 176. The third-order valence-electron chi connectivity index (χ3n) is 1.58. The summed E-state index contributed by atoms with van der Waals surface area (Å²) in [6.07, 6.45) is 0.986. The summed E-state index contributed by atoms with van der Waals surface area (Å²) in [5, 5.41) is 17.1. The van der Waals surface area contributed by atoms with Crippen molar-refractivity contribution < 1.29 is 23.8 Å². The molecule has 0 spiro atoms. The molecule has 0 rings (SSSR count). The van der Waals surface area contributed by atoms with Crippen LogP contribution in [0.2, 0.25) is 0 Å². The molecule has 4 N–H and O–H groups in total. The molecule has 0 saturated heterocycles. The van der Waals surface area contributed by atoms with Crippen molar-refractivity contribution in [2.45, 2.75) is 12.8 Å². The first-order valence-electron chi connectivity index (χ1n) is 4.98. The molecule has 0 aliphatic heterocycles. The molecule has 0 unspecified atom stereocenters. The lowest BCUT2D eigenvalue weighted by Crippen LogP contribution is -2.11. The van der Waals surface area contributed by atoms with Gasteiger partial charge in [-0.25, -0.2) is 0 Å². The van der Waals surface area contributed by atoms with Gasteiger partial charge in [-0.3, -0.25) is 4.57 Å². The lowest BCUT2D eigenvalue weighted by Gasteiger charge is -2.17. The maximum absolute atomic E-state index is 11.9. The molecular formula is C8H20NO5P. The third kappa shape index (κ3) is 7.90. The van der Waals surface area contributed by atoms with Crippen LogP contribution < -0.4 is 5.73 Å². The fourth-order valence-corrected chi connectivity index (χ4v) is 2.32. The van der Waals surface area contributed by atoms with E-state index in [9.17, 15) is 4.57 Å². The van der Waals surface area contributed by atoms with Gasteiger partial charge in [0.25, 0.3) is 0 Å². The molecule has 0 amide bonds. The Morgan fingerprint density at radius 2 is 1.53 bits per heavy atom. The molecule has 0 aromatic heterocycles. The van der Waals surface area contributed by atoms with E-state index in [1.807, 2.05) is 0 Å². The molecule has 92 valence electrons. The van der Waals surface area contributed by atoms with Crippen LogP contribution in [0.1, 0.15) is 12.8 Å². The van der Waals surface area contributed by atoms with Crippen LogP contribution in [0.3, 0.4) is 0 Å². The van der Waals surface area contributed by atoms with Gasteiger partial charge in [0.15, 0.2) is 0 Å². The summed E-state index contributed by atoms with van der Waals surface area (Å²) in [6.45, 7) is 0.563. The van der Waals surface area contributed by atoms with Gasteiger partial charge in [-0.2, -0.15) is 0 Å². The Balaban J connectivity index is 3.89. The van der Waals surface area contributed by atoms with E-state index in [0.29, 0.717) is 12.8 Å². The summed E-state index contributed by atoms with van der Waals surface area (Å²) in [5.74, 6) is 0. The Labute approximate surface area is 89.9 Å². The summed E-state index contributed by atoms with van der Waals surface area (Å²) in [6, 6.07) is 0. The molecule has 0 aliphatic carbocycles. The zero-order valence-corrected chi connectivity index (χ0v) is 9.70. The average Bonchev–Trinajstić information content (AvgIpc) is 2.19. The van der Waals surface area contributed by atoms with Crippen molar-refractivity contribution >= 4 is 7.60 Å². The second-order valence-electron chi connectivity index (χ2n) is 2.94. The van der Waals surface area contributed by atoms with E-state index in [-0.39, 0.29) is 39.1 Å².